The number of rotatable bonds is 7. The quantitative estimate of drug-likeness (QED) is 0.367. The zero-order valence-electron chi connectivity index (χ0n) is 19.6. The number of aromatic nitrogens is 4. The summed E-state index contributed by atoms with van der Waals surface area (Å²) in [5.74, 6) is -0.386. The van der Waals surface area contributed by atoms with Gasteiger partial charge in [0, 0.05) is 36.9 Å². The average molecular weight is 491 g/mol. The van der Waals surface area contributed by atoms with Crippen molar-refractivity contribution < 1.29 is 18.3 Å². The van der Waals surface area contributed by atoms with Gasteiger partial charge in [-0.25, -0.2) is 18.4 Å². The molecule has 0 atom stereocenters. The van der Waals surface area contributed by atoms with E-state index in [-0.39, 0.29) is 52.5 Å². The fraction of sp³-hybridized carbons (Fsp3) is 0.269. The van der Waals surface area contributed by atoms with Crippen molar-refractivity contribution in [3.05, 3.63) is 71.8 Å². The highest BCUT2D eigenvalue weighted by Gasteiger charge is 2.26. The van der Waals surface area contributed by atoms with Gasteiger partial charge in [-0.15, -0.1) is 0 Å². The van der Waals surface area contributed by atoms with Gasteiger partial charge < -0.3 is 19.8 Å². The summed E-state index contributed by atoms with van der Waals surface area (Å²) in [6.07, 6.45) is 7.28. The predicted octanol–water partition coefficient (Wildman–Crippen LogP) is 5.50. The highest BCUT2D eigenvalue weighted by molar-refractivity contribution is 5.73. The molecule has 1 fully saturated rings. The number of halogens is 2. The van der Waals surface area contributed by atoms with Crippen LogP contribution in [0.15, 0.2) is 48.9 Å². The first-order valence-electron chi connectivity index (χ1n) is 11.6. The lowest BCUT2D eigenvalue weighted by Crippen LogP contribution is -2.10. The number of ether oxygens (including phenoxy) is 2. The minimum atomic E-state index is -0.635. The number of hydrogen-bond donors (Lipinski definition) is 1. The highest BCUT2D eigenvalue weighted by Crippen LogP contribution is 2.37. The number of benzene rings is 2. The van der Waals surface area contributed by atoms with E-state index in [0.717, 1.165) is 31.4 Å². The second-order valence-corrected chi connectivity index (χ2v) is 8.75. The molecule has 8 nitrogen and oxygen atoms in total. The molecule has 2 N–H and O–H groups in total. The Morgan fingerprint density at radius 3 is 2.58 bits per heavy atom. The molecule has 2 aromatic heterocycles. The molecule has 0 unspecified atom stereocenters. The molecule has 0 radical (unpaired) electrons. The summed E-state index contributed by atoms with van der Waals surface area (Å²) < 4.78 is 44.2. The first kappa shape index (κ1) is 23.4. The van der Waals surface area contributed by atoms with Gasteiger partial charge in [0.25, 0.3) is 0 Å². The lowest BCUT2D eigenvalue weighted by molar-refractivity contribution is 0.294. The third-order valence-electron chi connectivity index (χ3n) is 6.31. The molecule has 10 heteroatoms. The van der Waals surface area contributed by atoms with Crippen LogP contribution >= 0.6 is 0 Å². The van der Waals surface area contributed by atoms with Crippen molar-refractivity contribution in [1.29, 1.82) is 5.26 Å². The molecule has 0 saturated heterocycles. The van der Waals surface area contributed by atoms with Crippen LogP contribution in [-0.2, 0) is 13.7 Å². The molecular weight excluding hydrogens is 466 g/mol. The summed E-state index contributed by atoms with van der Waals surface area (Å²) >= 11 is 0. The van der Waals surface area contributed by atoms with Crippen molar-refractivity contribution in [1.82, 2.24) is 19.3 Å². The third-order valence-corrected chi connectivity index (χ3v) is 6.31. The zero-order chi connectivity index (χ0) is 25.2. The topological polar surface area (TPSA) is 104 Å². The smallest absolute Gasteiger partial charge is 0.140 e. The van der Waals surface area contributed by atoms with Gasteiger partial charge in [-0.05, 0) is 25.0 Å². The van der Waals surface area contributed by atoms with Crippen LogP contribution in [0, 0.1) is 23.0 Å². The summed E-state index contributed by atoms with van der Waals surface area (Å²) in [5.41, 5.74) is 7.48. The summed E-state index contributed by atoms with van der Waals surface area (Å²) in [6, 6.07) is 10.3. The average Bonchev–Trinajstić information content (AvgIpc) is 3.58. The minimum Gasteiger partial charge on any atom is -0.487 e. The van der Waals surface area contributed by atoms with E-state index in [1.165, 1.54) is 36.4 Å². The third kappa shape index (κ3) is 4.60. The molecule has 1 aliphatic rings. The Labute approximate surface area is 206 Å². The standard InChI is InChI=1S/C26H24F2N6O2/c1-33-15-31-13-18(33)14-35-20-8-16(27)9-21(10-20)36-19-6-7-22(24(28)11-19)25-23(12-29)26(30)34(32-25)17-4-2-3-5-17/h6-11,13,15,17H,2-5,14,30H2,1H3. The zero-order valence-corrected chi connectivity index (χ0v) is 19.6. The summed E-state index contributed by atoms with van der Waals surface area (Å²) in [6.45, 7) is 0.195. The largest absolute Gasteiger partial charge is 0.487 e. The second kappa shape index (κ2) is 9.70. The van der Waals surface area contributed by atoms with Gasteiger partial charge in [0.15, 0.2) is 0 Å². The van der Waals surface area contributed by atoms with E-state index in [0.29, 0.717) is 0 Å². The molecule has 4 aromatic rings. The molecule has 1 aliphatic carbocycles. The van der Waals surface area contributed by atoms with Crippen LogP contribution in [0.25, 0.3) is 11.3 Å². The Bertz CT molecular complexity index is 1450. The van der Waals surface area contributed by atoms with Crippen LogP contribution in [0.2, 0.25) is 0 Å². The monoisotopic (exact) mass is 490 g/mol. The molecule has 184 valence electrons. The molecule has 36 heavy (non-hydrogen) atoms. The Morgan fingerprint density at radius 2 is 1.89 bits per heavy atom. The minimum absolute atomic E-state index is 0.110. The Balaban J connectivity index is 1.37. The van der Waals surface area contributed by atoms with E-state index in [1.54, 1.807) is 21.8 Å². The molecule has 0 bridgehead atoms. The lowest BCUT2D eigenvalue weighted by Gasteiger charge is -2.11. The van der Waals surface area contributed by atoms with E-state index < -0.39 is 11.6 Å². The first-order chi connectivity index (χ1) is 17.4. The van der Waals surface area contributed by atoms with Crippen molar-refractivity contribution in [3.63, 3.8) is 0 Å². The number of nitrogen functional groups attached to an aromatic ring is 1. The molecule has 0 spiro atoms. The second-order valence-electron chi connectivity index (χ2n) is 8.75. The number of hydrogen-bond acceptors (Lipinski definition) is 6. The van der Waals surface area contributed by atoms with E-state index in [1.807, 2.05) is 7.05 Å². The van der Waals surface area contributed by atoms with Crippen LogP contribution < -0.4 is 15.2 Å². The van der Waals surface area contributed by atoms with Gasteiger partial charge >= 0.3 is 0 Å². The number of aryl methyl sites for hydroxylation is 1. The van der Waals surface area contributed by atoms with Gasteiger partial charge in [-0.2, -0.15) is 10.4 Å². The SMILES string of the molecule is Cn1cncc1COc1cc(F)cc(Oc2ccc(-c3nn(C4CCCC4)c(N)c3C#N)c(F)c2)c1. The molecule has 0 amide bonds. The normalized spacial score (nSPS) is 13.6. The van der Waals surface area contributed by atoms with E-state index in [4.69, 9.17) is 15.2 Å². The van der Waals surface area contributed by atoms with Crippen LogP contribution in [0.1, 0.15) is 43.0 Å². The van der Waals surface area contributed by atoms with Gasteiger partial charge in [0.2, 0.25) is 0 Å². The van der Waals surface area contributed by atoms with Gasteiger partial charge in [-0.3, -0.25) is 0 Å². The van der Waals surface area contributed by atoms with Gasteiger partial charge in [-0.1, -0.05) is 12.8 Å². The van der Waals surface area contributed by atoms with Crippen molar-refractivity contribution in [3.8, 4) is 34.6 Å². The highest BCUT2D eigenvalue weighted by atomic mass is 19.1. The Morgan fingerprint density at radius 1 is 1.11 bits per heavy atom. The molecule has 0 aliphatic heterocycles. The maximum atomic E-state index is 15.2. The van der Waals surface area contributed by atoms with Crippen molar-refractivity contribution in [2.45, 2.75) is 38.3 Å². The van der Waals surface area contributed by atoms with E-state index in [2.05, 4.69) is 16.2 Å². The fourth-order valence-electron chi connectivity index (χ4n) is 4.42. The summed E-state index contributed by atoms with van der Waals surface area (Å²) in [4.78, 5) is 4.02. The van der Waals surface area contributed by atoms with Crippen molar-refractivity contribution in [2.24, 2.45) is 7.05 Å². The van der Waals surface area contributed by atoms with Crippen LogP contribution in [0.4, 0.5) is 14.6 Å². The number of nitrogens with two attached hydrogens (primary N) is 1. The number of imidazole rings is 1. The van der Waals surface area contributed by atoms with Gasteiger partial charge in [0.05, 0.1) is 24.3 Å². The van der Waals surface area contributed by atoms with Crippen LogP contribution in [0.5, 0.6) is 17.2 Å². The van der Waals surface area contributed by atoms with Crippen molar-refractivity contribution in [2.75, 3.05) is 5.73 Å². The Hall–Kier alpha value is -4.39. The summed E-state index contributed by atoms with van der Waals surface area (Å²) in [5, 5.41) is 14.1. The summed E-state index contributed by atoms with van der Waals surface area (Å²) in [7, 11) is 1.83. The number of nitrogens with zero attached hydrogens (tertiary/aromatic N) is 5. The number of nitriles is 1. The fourth-order valence-corrected chi connectivity index (χ4v) is 4.42. The van der Waals surface area contributed by atoms with Crippen LogP contribution in [0.3, 0.4) is 0 Å². The van der Waals surface area contributed by atoms with Crippen LogP contribution in [-0.4, -0.2) is 19.3 Å². The Kier molecular flexibility index (Phi) is 6.29. The predicted molar refractivity (Wildman–Crippen MR) is 128 cm³/mol. The molecule has 1 saturated carbocycles. The number of anilines is 1. The molecule has 2 heterocycles. The molecule has 2 aromatic carbocycles. The first-order valence-corrected chi connectivity index (χ1v) is 11.6. The maximum absolute atomic E-state index is 15.2. The maximum Gasteiger partial charge on any atom is 0.140 e. The van der Waals surface area contributed by atoms with Crippen molar-refractivity contribution >= 4 is 5.82 Å². The molecular formula is C26H24F2N6O2. The van der Waals surface area contributed by atoms with E-state index in [9.17, 15) is 9.65 Å². The van der Waals surface area contributed by atoms with Gasteiger partial charge in [0.1, 0.15) is 58.6 Å². The molecule has 5 rings (SSSR count). The van der Waals surface area contributed by atoms with E-state index >= 15 is 4.39 Å². The lowest BCUT2D eigenvalue weighted by atomic mass is 10.1.